The number of hydrogen-bond acceptors (Lipinski definition) is 5. The van der Waals surface area contributed by atoms with Crippen LogP contribution in [0.4, 0.5) is 14.5 Å². The molecule has 0 unspecified atom stereocenters. The van der Waals surface area contributed by atoms with E-state index in [1.165, 1.54) is 13.0 Å². The summed E-state index contributed by atoms with van der Waals surface area (Å²) in [5, 5.41) is 2.30. The predicted octanol–water partition coefficient (Wildman–Crippen LogP) is 1.66. The number of anilines is 1. The molecule has 0 aliphatic carbocycles. The van der Waals surface area contributed by atoms with Crippen molar-refractivity contribution >= 4 is 27.4 Å². The molecule has 0 aromatic heterocycles. The Morgan fingerprint density at radius 2 is 2.04 bits per heavy atom. The van der Waals surface area contributed by atoms with Crippen LogP contribution in [-0.4, -0.2) is 37.9 Å². The topological polar surface area (TPSA) is 89.5 Å². The van der Waals surface area contributed by atoms with E-state index in [-0.39, 0.29) is 29.5 Å². The van der Waals surface area contributed by atoms with Crippen molar-refractivity contribution in [2.75, 3.05) is 16.8 Å². The Morgan fingerprint density at radius 3 is 2.62 bits per heavy atom. The lowest BCUT2D eigenvalue weighted by atomic mass is 10.1. The first-order valence-corrected chi connectivity index (χ1v) is 9.14. The molecule has 1 fully saturated rings. The minimum atomic E-state index is -3.09. The van der Waals surface area contributed by atoms with Crippen LogP contribution in [0.3, 0.4) is 0 Å². The monoisotopic (exact) mass is 361 g/mol. The van der Waals surface area contributed by atoms with E-state index in [1.807, 2.05) is 0 Å². The van der Waals surface area contributed by atoms with E-state index in [4.69, 9.17) is 4.74 Å². The van der Waals surface area contributed by atoms with Crippen molar-refractivity contribution in [3.8, 4) is 0 Å². The molecule has 0 radical (unpaired) electrons. The summed E-state index contributed by atoms with van der Waals surface area (Å²) in [5.41, 5.74) is 0.0312. The quantitative estimate of drug-likeness (QED) is 0.806. The normalized spacial score (nSPS) is 20.4. The molecule has 1 aromatic carbocycles. The maximum atomic E-state index is 13.1. The van der Waals surface area contributed by atoms with Crippen LogP contribution in [0.15, 0.2) is 18.2 Å². The summed E-state index contributed by atoms with van der Waals surface area (Å²) in [6, 6.07) is 2.85. The third kappa shape index (κ3) is 4.98. The molecular formula is C15H17F2NO5S. The Labute approximate surface area is 138 Å². The number of ether oxygens (including phenoxy) is 1. The number of sulfone groups is 1. The fraction of sp³-hybridized carbons (Fsp3) is 0.467. The minimum absolute atomic E-state index is 0.0312. The lowest BCUT2D eigenvalue weighted by Crippen LogP contribution is -2.30. The highest BCUT2D eigenvalue weighted by atomic mass is 32.2. The maximum absolute atomic E-state index is 13.1. The van der Waals surface area contributed by atoms with Crippen LogP contribution in [0.5, 0.6) is 0 Å². The van der Waals surface area contributed by atoms with Crippen LogP contribution >= 0.6 is 0 Å². The zero-order chi connectivity index (χ0) is 17.9. The van der Waals surface area contributed by atoms with E-state index >= 15 is 0 Å². The second kappa shape index (κ2) is 7.25. The lowest BCUT2D eigenvalue weighted by molar-refractivity contribution is -0.153. The maximum Gasteiger partial charge on any atom is 0.306 e. The van der Waals surface area contributed by atoms with E-state index in [1.54, 1.807) is 0 Å². The Hall–Kier alpha value is -2.03. The van der Waals surface area contributed by atoms with Crippen LogP contribution in [0, 0.1) is 17.6 Å². The molecular weight excluding hydrogens is 344 g/mol. The molecule has 1 N–H and O–H groups in total. The second-order valence-electron chi connectivity index (χ2n) is 5.72. The zero-order valence-electron chi connectivity index (χ0n) is 12.9. The molecule has 1 heterocycles. The Bertz CT molecular complexity index is 750. The number of benzene rings is 1. The van der Waals surface area contributed by atoms with Gasteiger partial charge in [-0.05, 0) is 31.4 Å². The molecule has 0 spiro atoms. The lowest BCUT2D eigenvalue weighted by Gasteiger charge is -2.15. The van der Waals surface area contributed by atoms with Gasteiger partial charge in [-0.3, -0.25) is 9.59 Å². The van der Waals surface area contributed by atoms with Gasteiger partial charge in [0, 0.05) is 18.2 Å². The molecule has 1 aliphatic rings. The Morgan fingerprint density at radius 1 is 1.33 bits per heavy atom. The average molecular weight is 361 g/mol. The van der Waals surface area contributed by atoms with Crippen LogP contribution in [0.2, 0.25) is 0 Å². The van der Waals surface area contributed by atoms with Gasteiger partial charge in [0.2, 0.25) is 0 Å². The highest BCUT2D eigenvalue weighted by Gasteiger charge is 2.30. The number of esters is 1. The van der Waals surface area contributed by atoms with Gasteiger partial charge in [-0.25, -0.2) is 17.2 Å². The molecule has 0 saturated carbocycles. The largest absolute Gasteiger partial charge is 0.453 e. The van der Waals surface area contributed by atoms with Crippen molar-refractivity contribution in [2.24, 2.45) is 5.92 Å². The van der Waals surface area contributed by atoms with E-state index in [2.05, 4.69) is 5.32 Å². The number of amides is 1. The Balaban J connectivity index is 1.84. The van der Waals surface area contributed by atoms with Gasteiger partial charge in [0.1, 0.15) is 0 Å². The van der Waals surface area contributed by atoms with Crippen molar-refractivity contribution in [3.63, 3.8) is 0 Å². The number of nitrogens with one attached hydrogen (secondary N) is 1. The van der Waals surface area contributed by atoms with Gasteiger partial charge in [0.05, 0.1) is 11.5 Å². The van der Waals surface area contributed by atoms with Gasteiger partial charge >= 0.3 is 5.97 Å². The van der Waals surface area contributed by atoms with E-state index in [9.17, 15) is 26.8 Å². The SMILES string of the molecule is C[C@H](OC(=O)C[C@H]1CCS(=O)(=O)C1)C(=O)Nc1ccc(F)c(F)c1. The zero-order valence-corrected chi connectivity index (χ0v) is 13.7. The summed E-state index contributed by atoms with van der Waals surface area (Å²) in [6.07, 6.45) is -0.835. The number of rotatable bonds is 5. The smallest absolute Gasteiger partial charge is 0.306 e. The molecule has 6 nitrogen and oxygen atoms in total. The number of halogens is 2. The van der Waals surface area contributed by atoms with Crippen LogP contribution < -0.4 is 5.32 Å². The van der Waals surface area contributed by atoms with Crippen LogP contribution in [0.1, 0.15) is 19.8 Å². The minimum Gasteiger partial charge on any atom is -0.453 e. The van der Waals surface area contributed by atoms with Gasteiger partial charge in [-0.1, -0.05) is 0 Å². The highest BCUT2D eigenvalue weighted by Crippen LogP contribution is 2.22. The average Bonchev–Trinajstić information content (AvgIpc) is 2.81. The number of carbonyl (C=O) groups is 2. The summed E-state index contributed by atoms with van der Waals surface area (Å²) in [5.74, 6) is -3.84. The fourth-order valence-corrected chi connectivity index (χ4v) is 4.25. The molecule has 9 heteroatoms. The molecule has 0 bridgehead atoms. The molecule has 2 rings (SSSR count). The summed E-state index contributed by atoms with van der Waals surface area (Å²) in [6.45, 7) is 1.33. The first-order chi connectivity index (χ1) is 11.2. The second-order valence-corrected chi connectivity index (χ2v) is 7.95. The molecule has 1 amide bonds. The van der Waals surface area contributed by atoms with Crippen molar-refractivity contribution in [1.29, 1.82) is 0 Å². The Kier molecular flexibility index (Phi) is 5.53. The number of hydrogen-bond donors (Lipinski definition) is 1. The van der Waals surface area contributed by atoms with E-state index < -0.39 is 39.5 Å². The van der Waals surface area contributed by atoms with Crippen molar-refractivity contribution < 1.29 is 31.5 Å². The molecule has 24 heavy (non-hydrogen) atoms. The summed E-state index contributed by atoms with van der Waals surface area (Å²) < 4.78 is 53.5. The highest BCUT2D eigenvalue weighted by molar-refractivity contribution is 7.91. The van der Waals surface area contributed by atoms with Gasteiger partial charge < -0.3 is 10.1 Å². The molecule has 1 saturated heterocycles. The third-order valence-electron chi connectivity index (χ3n) is 3.65. The molecule has 2 atom stereocenters. The van der Waals surface area contributed by atoms with Gasteiger partial charge in [-0.15, -0.1) is 0 Å². The van der Waals surface area contributed by atoms with E-state index in [0.29, 0.717) is 6.42 Å². The van der Waals surface area contributed by atoms with Gasteiger partial charge in [0.15, 0.2) is 27.6 Å². The predicted molar refractivity (Wildman–Crippen MR) is 81.9 cm³/mol. The van der Waals surface area contributed by atoms with E-state index in [0.717, 1.165) is 12.1 Å². The summed E-state index contributed by atoms with van der Waals surface area (Å²) in [4.78, 5) is 23.7. The van der Waals surface area contributed by atoms with Gasteiger partial charge in [-0.2, -0.15) is 0 Å². The number of carbonyl (C=O) groups excluding carboxylic acids is 2. The van der Waals surface area contributed by atoms with Gasteiger partial charge in [0.25, 0.3) is 5.91 Å². The fourth-order valence-electron chi connectivity index (χ4n) is 2.39. The molecule has 1 aromatic rings. The molecule has 1 aliphatic heterocycles. The molecule has 132 valence electrons. The summed E-state index contributed by atoms with van der Waals surface area (Å²) >= 11 is 0. The van der Waals surface area contributed by atoms with Crippen LogP contribution in [-0.2, 0) is 24.2 Å². The standard InChI is InChI=1S/C15H17F2NO5S/c1-9(15(20)18-11-2-3-12(16)13(17)7-11)23-14(19)6-10-4-5-24(21,22)8-10/h2-3,7,9-10H,4-6,8H2,1H3,(H,18,20)/t9-,10+/m0/s1. The van der Waals surface area contributed by atoms with Crippen LogP contribution in [0.25, 0.3) is 0 Å². The first-order valence-electron chi connectivity index (χ1n) is 7.32. The first kappa shape index (κ1) is 18.3. The van der Waals surface area contributed by atoms with Crippen molar-refractivity contribution in [3.05, 3.63) is 29.8 Å². The van der Waals surface area contributed by atoms with Crippen molar-refractivity contribution in [1.82, 2.24) is 0 Å². The van der Waals surface area contributed by atoms with Crippen molar-refractivity contribution in [2.45, 2.75) is 25.9 Å². The summed E-state index contributed by atoms with van der Waals surface area (Å²) in [7, 11) is -3.09. The third-order valence-corrected chi connectivity index (χ3v) is 5.48.